The van der Waals surface area contributed by atoms with Gasteiger partial charge in [-0.2, -0.15) is 5.26 Å². The van der Waals surface area contributed by atoms with Gasteiger partial charge in [0.15, 0.2) is 0 Å². The number of carbonyl (C=O) groups is 1. The molecule has 4 nitrogen and oxygen atoms in total. The summed E-state index contributed by atoms with van der Waals surface area (Å²) in [6, 6.07) is 10.3. The second-order valence-electron chi connectivity index (χ2n) is 6.79. The average molecular weight is 366 g/mol. The molecule has 0 aliphatic heterocycles. The Balaban J connectivity index is 1.59. The summed E-state index contributed by atoms with van der Waals surface area (Å²) >= 11 is 1.50. The molecule has 0 saturated carbocycles. The molecule has 5 heteroatoms. The van der Waals surface area contributed by atoms with Crippen LogP contribution in [-0.2, 0) is 17.6 Å². The number of amides is 1. The van der Waals surface area contributed by atoms with Crippen molar-refractivity contribution in [3.63, 3.8) is 0 Å². The first-order valence-corrected chi connectivity index (χ1v) is 9.97. The van der Waals surface area contributed by atoms with Crippen LogP contribution in [0.5, 0.6) is 0 Å². The normalized spacial score (nSPS) is 13.0. The molecule has 0 saturated heterocycles. The fraction of sp³-hybridized carbons (Fsp3) is 0.381. The van der Waals surface area contributed by atoms with Crippen LogP contribution >= 0.6 is 11.8 Å². The molecular weight excluding hydrogens is 342 g/mol. The molecule has 0 bridgehead atoms. The molecule has 0 atom stereocenters. The number of fused-ring (bicyclic) bond motifs is 1. The second kappa shape index (κ2) is 8.37. The zero-order chi connectivity index (χ0) is 18.5. The minimum Gasteiger partial charge on any atom is -0.326 e. The van der Waals surface area contributed by atoms with Crippen molar-refractivity contribution in [1.82, 2.24) is 4.98 Å². The van der Waals surface area contributed by atoms with Gasteiger partial charge in [-0.05, 0) is 74.4 Å². The standard InChI is InChI=1S/C21H23N3OS/c1-14-9-15(2)11-18(10-14)23-20(25)7-8-26-21-17(13-22)12-16-5-3-4-6-19(16)24-21/h9-12H,3-8H2,1-2H3,(H,23,25). The summed E-state index contributed by atoms with van der Waals surface area (Å²) in [4.78, 5) is 16.9. The number of nitriles is 1. The molecule has 2 aromatic rings. The molecule has 26 heavy (non-hydrogen) atoms. The van der Waals surface area contributed by atoms with E-state index in [1.807, 2.05) is 32.0 Å². The van der Waals surface area contributed by atoms with Gasteiger partial charge in [0.1, 0.15) is 11.1 Å². The Labute approximate surface area is 159 Å². The van der Waals surface area contributed by atoms with Crippen molar-refractivity contribution in [2.45, 2.75) is 51.0 Å². The predicted molar refractivity (Wildman–Crippen MR) is 105 cm³/mol. The smallest absolute Gasteiger partial charge is 0.225 e. The largest absolute Gasteiger partial charge is 0.326 e. The van der Waals surface area contributed by atoms with Gasteiger partial charge in [0, 0.05) is 23.6 Å². The lowest BCUT2D eigenvalue weighted by Gasteiger charge is -2.16. The van der Waals surface area contributed by atoms with E-state index in [1.54, 1.807) is 0 Å². The van der Waals surface area contributed by atoms with Crippen LogP contribution in [-0.4, -0.2) is 16.6 Å². The van der Waals surface area contributed by atoms with Gasteiger partial charge in [-0.1, -0.05) is 6.07 Å². The molecule has 1 heterocycles. The monoisotopic (exact) mass is 365 g/mol. The third kappa shape index (κ3) is 4.64. The molecule has 1 aromatic heterocycles. The van der Waals surface area contributed by atoms with E-state index in [-0.39, 0.29) is 5.91 Å². The summed E-state index contributed by atoms with van der Waals surface area (Å²) in [5.74, 6) is 0.593. The number of anilines is 1. The van der Waals surface area contributed by atoms with Crippen molar-refractivity contribution in [1.29, 1.82) is 5.26 Å². The van der Waals surface area contributed by atoms with Crippen molar-refractivity contribution in [3.05, 3.63) is 52.2 Å². The Morgan fingerprint density at radius 2 is 1.92 bits per heavy atom. The highest BCUT2D eigenvalue weighted by molar-refractivity contribution is 7.99. The molecule has 0 unspecified atom stereocenters. The van der Waals surface area contributed by atoms with E-state index in [0.717, 1.165) is 46.8 Å². The van der Waals surface area contributed by atoms with Crippen LogP contribution in [0.3, 0.4) is 0 Å². The van der Waals surface area contributed by atoms with Gasteiger partial charge in [0.25, 0.3) is 0 Å². The van der Waals surface area contributed by atoms with E-state index in [9.17, 15) is 10.1 Å². The number of nitrogens with zero attached hydrogens (tertiary/aromatic N) is 2. The SMILES string of the molecule is Cc1cc(C)cc(NC(=O)CCSc2nc3c(cc2C#N)CCCC3)c1. The van der Waals surface area contributed by atoms with Crippen LogP contribution in [0.15, 0.2) is 29.3 Å². The summed E-state index contributed by atoms with van der Waals surface area (Å²) in [7, 11) is 0. The van der Waals surface area contributed by atoms with Gasteiger partial charge in [-0.15, -0.1) is 11.8 Å². The first-order valence-electron chi connectivity index (χ1n) is 8.99. The Morgan fingerprint density at radius 1 is 1.19 bits per heavy atom. The van der Waals surface area contributed by atoms with Crippen molar-refractivity contribution < 1.29 is 4.79 Å². The fourth-order valence-electron chi connectivity index (χ4n) is 3.32. The highest BCUT2D eigenvalue weighted by atomic mass is 32.2. The molecule has 1 amide bonds. The first-order chi connectivity index (χ1) is 12.5. The van der Waals surface area contributed by atoms with Crippen LogP contribution in [0.4, 0.5) is 5.69 Å². The first kappa shape index (κ1) is 18.5. The minimum absolute atomic E-state index is 0.0148. The maximum Gasteiger partial charge on any atom is 0.225 e. The second-order valence-corrected chi connectivity index (χ2v) is 7.87. The number of nitrogens with one attached hydrogen (secondary N) is 1. The van der Waals surface area contributed by atoms with E-state index in [0.29, 0.717) is 17.7 Å². The van der Waals surface area contributed by atoms with Crippen molar-refractivity contribution >= 4 is 23.4 Å². The number of benzene rings is 1. The lowest BCUT2D eigenvalue weighted by atomic mass is 9.95. The van der Waals surface area contributed by atoms with Gasteiger partial charge in [0.05, 0.1) is 5.56 Å². The highest BCUT2D eigenvalue weighted by Gasteiger charge is 2.15. The van der Waals surface area contributed by atoms with Gasteiger partial charge in [-0.3, -0.25) is 4.79 Å². The van der Waals surface area contributed by atoms with Crippen molar-refractivity contribution in [3.8, 4) is 6.07 Å². The van der Waals surface area contributed by atoms with Crippen LogP contribution in [0.1, 0.15) is 47.2 Å². The summed E-state index contributed by atoms with van der Waals surface area (Å²) in [5, 5.41) is 13.1. The topological polar surface area (TPSA) is 65.8 Å². The maximum atomic E-state index is 12.2. The van der Waals surface area contributed by atoms with E-state index in [4.69, 9.17) is 4.98 Å². The zero-order valence-corrected chi connectivity index (χ0v) is 16.1. The van der Waals surface area contributed by atoms with Crippen LogP contribution in [0, 0.1) is 25.2 Å². The fourth-order valence-corrected chi connectivity index (χ4v) is 4.23. The molecule has 1 N–H and O–H groups in total. The van der Waals surface area contributed by atoms with Crippen LogP contribution in [0.2, 0.25) is 0 Å². The number of hydrogen-bond acceptors (Lipinski definition) is 4. The third-order valence-electron chi connectivity index (χ3n) is 4.46. The Morgan fingerprint density at radius 3 is 2.65 bits per heavy atom. The van der Waals surface area contributed by atoms with Crippen LogP contribution in [0.25, 0.3) is 0 Å². The number of rotatable bonds is 5. The number of pyridine rings is 1. The Bertz CT molecular complexity index is 850. The molecule has 134 valence electrons. The molecule has 0 fully saturated rings. The molecule has 1 aromatic carbocycles. The molecule has 1 aliphatic carbocycles. The zero-order valence-electron chi connectivity index (χ0n) is 15.3. The predicted octanol–water partition coefficient (Wildman–Crippen LogP) is 4.57. The van der Waals surface area contributed by atoms with E-state index < -0.39 is 0 Å². The van der Waals surface area contributed by atoms with Gasteiger partial charge in [0.2, 0.25) is 5.91 Å². The lowest BCUT2D eigenvalue weighted by molar-refractivity contribution is -0.115. The minimum atomic E-state index is -0.0148. The molecule has 3 rings (SSSR count). The molecule has 0 radical (unpaired) electrons. The van der Waals surface area contributed by atoms with Gasteiger partial charge >= 0.3 is 0 Å². The van der Waals surface area contributed by atoms with E-state index >= 15 is 0 Å². The van der Waals surface area contributed by atoms with E-state index in [2.05, 4.69) is 17.5 Å². The summed E-state index contributed by atoms with van der Waals surface area (Å²) in [5.41, 5.74) is 6.06. The number of carbonyl (C=O) groups excluding carboxylic acids is 1. The maximum absolute atomic E-state index is 12.2. The molecular formula is C21H23N3OS. The lowest BCUT2D eigenvalue weighted by Crippen LogP contribution is -2.13. The molecule has 0 spiro atoms. The Hall–Kier alpha value is -2.32. The van der Waals surface area contributed by atoms with Gasteiger partial charge < -0.3 is 5.32 Å². The Kier molecular flexibility index (Phi) is 5.95. The average Bonchev–Trinajstić information content (AvgIpc) is 2.60. The van der Waals surface area contributed by atoms with Gasteiger partial charge in [-0.25, -0.2) is 4.98 Å². The van der Waals surface area contributed by atoms with Crippen molar-refractivity contribution in [2.24, 2.45) is 0 Å². The summed E-state index contributed by atoms with van der Waals surface area (Å²) < 4.78 is 0. The highest BCUT2D eigenvalue weighted by Crippen LogP contribution is 2.27. The van der Waals surface area contributed by atoms with Crippen LogP contribution < -0.4 is 5.32 Å². The van der Waals surface area contributed by atoms with Crippen molar-refractivity contribution in [2.75, 3.05) is 11.1 Å². The number of aryl methyl sites for hydroxylation is 4. The number of thioether (sulfide) groups is 1. The van der Waals surface area contributed by atoms with E-state index in [1.165, 1.54) is 23.7 Å². The third-order valence-corrected chi connectivity index (χ3v) is 5.45. The summed E-state index contributed by atoms with van der Waals surface area (Å²) in [6.07, 6.45) is 4.72. The molecule has 1 aliphatic rings. The number of aromatic nitrogens is 1. The quantitative estimate of drug-likeness (QED) is 0.788. The number of hydrogen-bond donors (Lipinski definition) is 1. The summed E-state index contributed by atoms with van der Waals surface area (Å²) in [6.45, 7) is 4.04.